The van der Waals surface area contributed by atoms with Crippen LogP contribution < -0.4 is 10.4 Å². The molecule has 2 aromatic heterocycles. The highest BCUT2D eigenvalue weighted by Crippen LogP contribution is 2.36. The molecule has 2 heterocycles. The van der Waals surface area contributed by atoms with Crippen LogP contribution in [0.3, 0.4) is 0 Å². The number of allylic oxidation sites excluding steroid dienone is 3. The Labute approximate surface area is 384 Å². The van der Waals surface area contributed by atoms with Crippen LogP contribution in [-0.4, -0.2) is 27.0 Å². The van der Waals surface area contributed by atoms with Gasteiger partial charge in [-0.25, -0.2) is 9.98 Å². The third-order valence-electron chi connectivity index (χ3n) is 12.8. The van der Waals surface area contributed by atoms with Gasteiger partial charge in [0.2, 0.25) is 0 Å². The first-order valence-corrected chi connectivity index (χ1v) is 22.6. The predicted octanol–water partition coefficient (Wildman–Crippen LogP) is 13.5. The molecule has 0 bridgehead atoms. The van der Waals surface area contributed by atoms with Gasteiger partial charge in [0.15, 0.2) is 0 Å². The molecule has 8 aromatic carbocycles. The van der Waals surface area contributed by atoms with Crippen molar-refractivity contribution < 1.29 is 0 Å². The first-order valence-electron chi connectivity index (χ1n) is 22.6. The third-order valence-corrected chi connectivity index (χ3v) is 12.8. The zero-order valence-corrected chi connectivity index (χ0v) is 36.7. The summed E-state index contributed by atoms with van der Waals surface area (Å²) in [5.74, 6) is 0.716. The minimum atomic E-state index is -0.0862. The van der Waals surface area contributed by atoms with Gasteiger partial charge in [-0.3, -0.25) is 5.41 Å². The summed E-state index contributed by atoms with van der Waals surface area (Å²) in [5, 5.41) is 16.5. The summed E-state index contributed by atoms with van der Waals surface area (Å²) in [4.78, 5) is 10.1. The van der Waals surface area contributed by atoms with Crippen molar-refractivity contribution in [3.63, 3.8) is 0 Å². The van der Waals surface area contributed by atoms with E-state index in [0.717, 1.165) is 39.5 Å². The molecule has 5 heteroatoms. The monoisotopic (exact) mass is 849 g/mol. The van der Waals surface area contributed by atoms with Crippen LogP contribution in [0.15, 0.2) is 228 Å². The van der Waals surface area contributed by atoms with E-state index in [-0.39, 0.29) is 11.8 Å². The van der Waals surface area contributed by atoms with Gasteiger partial charge in [-0.15, -0.1) is 0 Å². The summed E-state index contributed by atoms with van der Waals surface area (Å²) < 4.78 is 4.70. The van der Waals surface area contributed by atoms with E-state index >= 15 is 0 Å². The lowest BCUT2D eigenvalue weighted by molar-refractivity contribution is 0.899. The Morgan fingerprint density at radius 2 is 1.17 bits per heavy atom. The number of para-hydroxylation sites is 2. The highest BCUT2D eigenvalue weighted by atomic mass is 15.0. The number of amidine groups is 2. The molecule has 11 rings (SSSR count). The number of aromatic nitrogens is 2. The van der Waals surface area contributed by atoms with Crippen molar-refractivity contribution in [2.75, 3.05) is 0 Å². The Hall–Kier alpha value is -8.41. The fourth-order valence-corrected chi connectivity index (χ4v) is 9.44. The second kappa shape index (κ2) is 17.6. The fourth-order valence-electron chi connectivity index (χ4n) is 9.44. The van der Waals surface area contributed by atoms with Crippen molar-refractivity contribution in [2.45, 2.75) is 19.9 Å². The standard InChI is InChI=1S/C61H47N5/c1-42(17-14-15-36-65-56-28-12-10-26-52(56)54-39-48(32-34-57(54)65)44-19-4-2-5-20-44)60(62)64-61(50-31-30-46-23-8-9-24-47(46)38-50)63-41-43-18-16-25-51(37-43)66-58-29-13-11-27-53(58)55-40-49(33-35-59(55)66)45-21-6-3-7-22-45/h2-30,32-35,37-41,50,62H,31,36H2,1H3/b15-14-,42-17+,62-60?,63-41+,64-61-. The molecule has 0 aliphatic heterocycles. The minimum Gasteiger partial charge on any atom is -0.337 e. The number of fused-ring (bicyclic) bond motifs is 7. The maximum absolute atomic E-state index is 9.21. The fraction of sp³-hybridized carbons (Fsp3) is 0.0656. The van der Waals surface area contributed by atoms with Crippen molar-refractivity contribution in [1.29, 1.82) is 5.41 Å². The van der Waals surface area contributed by atoms with E-state index in [9.17, 15) is 5.41 Å². The maximum atomic E-state index is 9.21. The summed E-state index contributed by atoms with van der Waals surface area (Å²) in [7, 11) is 0. The predicted molar refractivity (Wildman–Crippen MR) is 279 cm³/mol. The molecule has 5 nitrogen and oxygen atoms in total. The average Bonchev–Trinajstić information content (AvgIpc) is 3.88. The molecule has 0 fully saturated rings. The van der Waals surface area contributed by atoms with Crippen LogP contribution in [0.5, 0.6) is 0 Å². The summed E-state index contributed by atoms with van der Waals surface area (Å²) in [6.45, 7) is 2.65. The molecule has 0 spiro atoms. The molecule has 0 saturated carbocycles. The van der Waals surface area contributed by atoms with Crippen LogP contribution in [0.2, 0.25) is 0 Å². The first-order chi connectivity index (χ1) is 32.6. The number of hydrogen-bond donors (Lipinski definition) is 1. The average molecular weight is 850 g/mol. The van der Waals surface area contributed by atoms with Gasteiger partial charge >= 0.3 is 0 Å². The number of nitrogens with one attached hydrogen (secondary N) is 1. The van der Waals surface area contributed by atoms with E-state index in [2.05, 4.69) is 221 Å². The molecule has 10 aromatic rings. The van der Waals surface area contributed by atoms with Gasteiger partial charge in [0.05, 0.1) is 11.0 Å². The van der Waals surface area contributed by atoms with Gasteiger partial charge < -0.3 is 9.13 Å². The smallest absolute Gasteiger partial charge is 0.149 e. The Balaban J connectivity index is 0.892. The molecular weight excluding hydrogens is 803 g/mol. The highest BCUT2D eigenvalue weighted by molar-refractivity contribution is 6.12. The van der Waals surface area contributed by atoms with E-state index in [1.54, 1.807) is 0 Å². The van der Waals surface area contributed by atoms with Crippen molar-refractivity contribution in [1.82, 2.24) is 9.13 Å². The zero-order chi connectivity index (χ0) is 44.4. The Bertz CT molecular complexity index is 3730. The SMILES string of the molecule is C/C(=C\C=C/Cn1c2ccccc2c2cc(-c3ccccc3)ccc21)C(=N)/N=C(\N=C\c1cccc(-n2c3ccccc3c3cc(-c4ccccc4)ccc32)c1)C1C=c2ccccc2=CC1. The molecule has 1 aliphatic carbocycles. The molecule has 66 heavy (non-hydrogen) atoms. The van der Waals surface area contributed by atoms with Gasteiger partial charge in [0.1, 0.15) is 11.7 Å². The first kappa shape index (κ1) is 40.4. The van der Waals surface area contributed by atoms with Crippen molar-refractivity contribution >= 4 is 73.6 Å². The normalized spacial score (nSPS) is 14.3. The second-order valence-corrected chi connectivity index (χ2v) is 17.0. The molecule has 1 unspecified atom stereocenters. The number of benzene rings is 8. The van der Waals surface area contributed by atoms with Crippen LogP contribution in [0, 0.1) is 11.3 Å². The van der Waals surface area contributed by atoms with Gasteiger partial charge in [0.25, 0.3) is 0 Å². The van der Waals surface area contributed by atoms with Crippen molar-refractivity contribution in [3.05, 3.63) is 234 Å². The van der Waals surface area contributed by atoms with Gasteiger partial charge in [-0.05, 0) is 106 Å². The highest BCUT2D eigenvalue weighted by Gasteiger charge is 2.17. The minimum absolute atomic E-state index is 0.0862. The Kier molecular flexibility index (Phi) is 10.8. The largest absolute Gasteiger partial charge is 0.337 e. The Morgan fingerprint density at radius 1 is 0.576 bits per heavy atom. The molecule has 0 radical (unpaired) electrons. The van der Waals surface area contributed by atoms with Crippen LogP contribution in [-0.2, 0) is 6.54 Å². The molecule has 1 N–H and O–H groups in total. The lowest BCUT2D eigenvalue weighted by Crippen LogP contribution is -2.30. The van der Waals surface area contributed by atoms with Crippen LogP contribution >= 0.6 is 0 Å². The molecule has 0 saturated heterocycles. The molecular formula is C61H47N5. The topological polar surface area (TPSA) is 58.4 Å². The maximum Gasteiger partial charge on any atom is 0.149 e. The second-order valence-electron chi connectivity index (χ2n) is 17.0. The molecule has 316 valence electrons. The van der Waals surface area contributed by atoms with E-state index < -0.39 is 0 Å². The van der Waals surface area contributed by atoms with Crippen molar-refractivity contribution in [3.8, 4) is 27.9 Å². The van der Waals surface area contributed by atoms with E-state index in [1.807, 2.05) is 25.3 Å². The summed E-state index contributed by atoms with van der Waals surface area (Å²) >= 11 is 0. The number of nitrogens with zero attached hydrogens (tertiary/aromatic N) is 4. The number of rotatable bonds is 9. The van der Waals surface area contributed by atoms with Gasteiger partial charge in [-0.2, -0.15) is 0 Å². The van der Waals surface area contributed by atoms with E-state index in [1.165, 1.54) is 60.1 Å². The quantitative estimate of drug-likeness (QED) is 0.0855. The molecule has 1 aliphatic rings. The van der Waals surface area contributed by atoms with Gasteiger partial charge in [0, 0.05) is 56.9 Å². The summed E-state index contributed by atoms with van der Waals surface area (Å²) in [6.07, 6.45) is 13.3. The number of hydrogen-bond acceptors (Lipinski definition) is 1. The zero-order valence-electron chi connectivity index (χ0n) is 36.7. The summed E-state index contributed by atoms with van der Waals surface area (Å²) in [5.41, 5.74) is 12.3. The van der Waals surface area contributed by atoms with E-state index in [0.29, 0.717) is 12.4 Å². The summed E-state index contributed by atoms with van der Waals surface area (Å²) in [6, 6.07) is 68.8. The molecule has 0 amide bonds. The van der Waals surface area contributed by atoms with Crippen LogP contribution in [0.1, 0.15) is 18.9 Å². The lowest BCUT2D eigenvalue weighted by Gasteiger charge is -2.14. The Morgan fingerprint density at radius 3 is 1.91 bits per heavy atom. The van der Waals surface area contributed by atoms with Crippen molar-refractivity contribution in [2.24, 2.45) is 15.9 Å². The van der Waals surface area contributed by atoms with Crippen LogP contribution in [0.25, 0.3) is 83.7 Å². The number of aliphatic imine (C=N–C) groups is 2. The third kappa shape index (κ3) is 7.82. The lowest BCUT2D eigenvalue weighted by atomic mass is 9.96. The van der Waals surface area contributed by atoms with Gasteiger partial charge in [-0.1, -0.05) is 176 Å². The van der Waals surface area contributed by atoms with Crippen LogP contribution in [0.4, 0.5) is 0 Å². The van der Waals surface area contributed by atoms with E-state index in [4.69, 9.17) is 9.98 Å². The molecule has 1 atom stereocenters.